The molecular weight excluding hydrogens is 264 g/mol. The van der Waals surface area contributed by atoms with Crippen LogP contribution in [0.5, 0.6) is 0 Å². The van der Waals surface area contributed by atoms with E-state index in [0.29, 0.717) is 11.8 Å². The lowest BCUT2D eigenvalue weighted by Crippen LogP contribution is -2.17. The Bertz CT molecular complexity index is 364. The van der Waals surface area contributed by atoms with Crippen LogP contribution >= 0.6 is 15.9 Å². The summed E-state index contributed by atoms with van der Waals surface area (Å²) < 4.78 is -0.0230. The minimum absolute atomic E-state index is 0.0230. The number of aliphatic hydroxyl groups is 1. The summed E-state index contributed by atoms with van der Waals surface area (Å²) in [6.45, 7) is 0. The second-order valence-electron chi connectivity index (χ2n) is 5.14. The van der Waals surface area contributed by atoms with Gasteiger partial charge in [0.1, 0.15) is 0 Å². The number of benzene rings is 1. The number of rotatable bonds is 2. The fourth-order valence-electron chi connectivity index (χ4n) is 3.39. The molecule has 0 aliphatic heterocycles. The van der Waals surface area contributed by atoms with Crippen LogP contribution in [0.4, 0.5) is 0 Å². The molecule has 3 rings (SSSR count). The third kappa shape index (κ3) is 1.46. The SMILES string of the molecule is O[C@@H](c1ccccc1)C1(Br)[C@H]2CCCC[C@@H]21. The summed E-state index contributed by atoms with van der Waals surface area (Å²) >= 11 is 3.84. The van der Waals surface area contributed by atoms with Crippen molar-refractivity contribution in [3.63, 3.8) is 0 Å². The van der Waals surface area contributed by atoms with Gasteiger partial charge in [0.05, 0.1) is 10.4 Å². The molecule has 0 spiro atoms. The highest BCUT2D eigenvalue weighted by Crippen LogP contribution is 2.68. The molecule has 16 heavy (non-hydrogen) atoms. The molecule has 1 N–H and O–H groups in total. The average molecular weight is 281 g/mol. The van der Waals surface area contributed by atoms with Crippen LogP contribution in [0.1, 0.15) is 37.4 Å². The zero-order valence-electron chi connectivity index (χ0n) is 9.27. The van der Waals surface area contributed by atoms with Gasteiger partial charge in [-0.25, -0.2) is 0 Å². The fourth-order valence-corrected chi connectivity index (χ4v) is 4.62. The summed E-state index contributed by atoms with van der Waals surface area (Å²) in [5, 5.41) is 10.5. The number of hydrogen-bond acceptors (Lipinski definition) is 1. The van der Waals surface area contributed by atoms with Crippen molar-refractivity contribution in [3.05, 3.63) is 35.9 Å². The van der Waals surface area contributed by atoms with Crippen molar-refractivity contribution in [2.45, 2.75) is 36.1 Å². The average Bonchev–Trinajstić information content (AvgIpc) is 2.98. The van der Waals surface area contributed by atoms with Crippen molar-refractivity contribution >= 4 is 15.9 Å². The van der Waals surface area contributed by atoms with Crippen molar-refractivity contribution in [1.29, 1.82) is 0 Å². The van der Waals surface area contributed by atoms with Gasteiger partial charge in [-0.3, -0.25) is 0 Å². The van der Waals surface area contributed by atoms with Gasteiger partial charge in [0.15, 0.2) is 0 Å². The summed E-state index contributed by atoms with van der Waals surface area (Å²) in [6.07, 6.45) is 4.87. The monoisotopic (exact) mass is 280 g/mol. The fraction of sp³-hybridized carbons (Fsp3) is 0.571. The maximum atomic E-state index is 10.5. The van der Waals surface area contributed by atoms with Crippen molar-refractivity contribution in [2.24, 2.45) is 11.8 Å². The molecule has 2 heteroatoms. The van der Waals surface area contributed by atoms with Crippen LogP contribution in [0.2, 0.25) is 0 Å². The minimum atomic E-state index is -0.346. The van der Waals surface area contributed by atoms with Gasteiger partial charge < -0.3 is 5.11 Å². The Morgan fingerprint density at radius 3 is 2.25 bits per heavy atom. The quantitative estimate of drug-likeness (QED) is 0.820. The second kappa shape index (κ2) is 3.85. The van der Waals surface area contributed by atoms with Crippen LogP contribution < -0.4 is 0 Å². The molecule has 0 aromatic heterocycles. The Hall–Kier alpha value is -0.340. The molecule has 0 unspecified atom stereocenters. The van der Waals surface area contributed by atoms with E-state index in [0.717, 1.165) is 5.56 Å². The maximum absolute atomic E-state index is 10.5. The van der Waals surface area contributed by atoms with E-state index in [9.17, 15) is 5.11 Å². The van der Waals surface area contributed by atoms with Gasteiger partial charge in [0.25, 0.3) is 0 Å². The van der Waals surface area contributed by atoms with E-state index in [4.69, 9.17) is 0 Å². The Labute approximate surface area is 105 Å². The molecule has 2 fully saturated rings. The van der Waals surface area contributed by atoms with Crippen LogP contribution in [0, 0.1) is 11.8 Å². The third-order valence-corrected chi connectivity index (χ3v) is 5.94. The highest BCUT2D eigenvalue weighted by atomic mass is 79.9. The molecule has 2 aliphatic carbocycles. The van der Waals surface area contributed by atoms with Gasteiger partial charge in [-0.05, 0) is 30.2 Å². The summed E-state index contributed by atoms with van der Waals surface area (Å²) in [5.41, 5.74) is 1.05. The molecule has 1 aromatic carbocycles. The van der Waals surface area contributed by atoms with E-state index in [2.05, 4.69) is 15.9 Å². The van der Waals surface area contributed by atoms with Gasteiger partial charge in [0.2, 0.25) is 0 Å². The largest absolute Gasteiger partial charge is 0.387 e. The van der Waals surface area contributed by atoms with Gasteiger partial charge in [-0.1, -0.05) is 59.1 Å². The summed E-state index contributed by atoms with van der Waals surface area (Å²) in [7, 11) is 0. The van der Waals surface area contributed by atoms with E-state index in [1.54, 1.807) is 0 Å². The van der Waals surface area contributed by atoms with Crippen molar-refractivity contribution in [2.75, 3.05) is 0 Å². The van der Waals surface area contributed by atoms with Crippen molar-refractivity contribution in [3.8, 4) is 0 Å². The number of aliphatic hydroxyl groups excluding tert-OH is 1. The molecule has 0 amide bonds. The first-order chi connectivity index (χ1) is 7.74. The maximum Gasteiger partial charge on any atom is 0.0948 e. The molecule has 86 valence electrons. The van der Waals surface area contributed by atoms with Crippen LogP contribution in [-0.4, -0.2) is 9.43 Å². The molecule has 1 nitrogen and oxygen atoms in total. The topological polar surface area (TPSA) is 20.2 Å². The number of alkyl halides is 1. The molecular formula is C14H17BrO. The third-order valence-electron chi connectivity index (χ3n) is 4.33. The molecule has 0 radical (unpaired) electrons. The van der Waals surface area contributed by atoms with Gasteiger partial charge in [-0.2, -0.15) is 0 Å². The number of halogens is 1. The number of fused-ring (bicyclic) bond motifs is 1. The standard InChI is InChI=1S/C14H17BrO/c15-14(11-8-4-5-9-12(11)14)13(16)10-6-2-1-3-7-10/h1-3,6-7,11-13,16H,4-5,8-9H2/t11-,12-,13-/m0/s1. The first kappa shape index (κ1) is 10.8. The molecule has 0 bridgehead atoms. The molecule has 0 heterocycles. The normalized spacial score (nSPS) is 38.9. The zero-order valence-corrected chi connectivity index (χ0v) is 10.9. The van der Waals surface area contributed by atoms with E-state index in [-0.39, 0.29) is 10.4 Å². The van der Waals surface area contributed by atoms with Gasteiger partial charge in [0, 0.05) is 0 Å². The van der Waals surface area contributed by atoms with Crippen LogP contribution in [0.15, 0.2) is 30.3 Å². The minimum Gasteiger partial charge on any atom is -0.387 e. The Morgan fingerprint density at radius 1 is 1.12 bits per heavy atom. The summed E-state index contributed by atoms with van der Waals surface area (Å²) in [4.78, 5) is 0. The van der Waals surface area contributed by atoms with E-state index in [1.807, 2.05) is 30.3 Å². The van der Waals surface area contributed by atoms with Crippen LogP contribution in [-0.2, 0) is 0 Å². The lowest BCUT2D eigenvalue weighted by molar-refractivity contribution is 0.159. The molecule has 1 aromatic rings. The predicted octanol–water partition coefficient (Wildman–Crippen LogP) is 3.67. The van der Waals surface area contributed by atoms with Crippen molar-refractivity contribution < 1.29 is 5.11 Å². The van der Waals surface area contributed by atoms with Crippen LogP contribution in [0.3, 0.4) is 0 Å². The second-order valence-corrected chi connectivity index (χ2v) is 6.51. The molecule has 3 atom stereocenters. The van der Waals surface area contributed by atoms with Gasteiger partial charge in [-0.15, -0.1) is 0 Å². The molecule has 2 aliphatic rings. The summed E-state index contributed by atoms with van der Waals surface area (Å²) in [5.74, 6) is 1.38. The van der Waals surface area contributed by atoms with E-state index < -0.39 is 0 Å². The smallest absolute Gasteiger partial charge is 0.0948 e. The molecule has 2 saturated carbocycles. The Morgan fingerprint density at radius 2 is 1.69 bits per heavy atom. The highest BCUT2D eigenvalue weighted by Gasteiger charge is 2.66. The Kier molecular flexibility index (Phi) is 2.60. The zero-order chi connectivity index (χ0) is 11.2. The lowest BCUT2D eigenvalue weighted by Gasteiger charge is -2.18. The van der Waals surface area contributed by atoms with Crippen molar-refractivity contribution in [1.82, 2.24) is 0 Å². The first-order valence-corrected chi connectivity index (χ1v) is 6.96. The predicted molar refractivity (Wildman–Crippen MR) is 68.5 cm³/mol. The van der Waals surface area contributed by atoms with Gasteiger partial charge >= 0.3 is 0 Å². The van der Waals surface area contributed by atoms with Crippen LogP contribution in [0.25, 0.3) is 0 Å². The Balaban J connectivity index is 1.83. The van der Waals surface area contributed by atoms with E-state index in [1.165, 1.54) is 25.7 Å². The summed E-state index contributed by atoms with van der Waals surface area (Å²) in [6, 6.07) is 10.1. The highest BCUT2D eigenvalue weighted by molar-refractivity contribution is 9.10. The number of hydrogen-bond donors (Lipinski definition) is 1. The first-order valence-electron chi connectivity index (χ1n) is 6.16. The molecule has 0 saturated heterocycles. The van der Waals surface area contributed by atoms with E-state index >= 15 is 0 Å². The lowest BCUT2D eigenvalue weighted by atomic mass is 10.0.